The maximum Gasteiger partial charge on any atom is 0.339 e. The van der Waals surface area contributed by atoms with Crippen LogP contribution in [0.4, 0.5) is 0 Å². The molecule has 3 nitrogen and oxygen atoms in total. The van der Waals surface area contributed by atoms with E-state index in [1.54, 1.807) is 12.2 Å². The second-order valence-corrected chi connectivity index (χ2v) is 5.25. The number of allylic oxidation sites excluding steroid dienone is 4. The lowest BCUT2D eigenvalue weighted by molar-refractivity contribution is 0.347. The third-order valence-electron chi connectivity index (χ3n) is 2.28. The zero-order chi connectivity index (χ0) is 9.95. The van der Waals surface area contributed by atoms with Gasteiger partial charge in [0.1, 0.15) is 5.16 Å². The average Bonchev–Trinajstić information content (AvgIpc) is 2.04. The summed E-state index contributed by atoms with van der Waals surface area (Å²) < 4.78 is 11.3. The first-order valence-corrected chi connectivity index (χ1v) is 6.04. The van der Waals surface area contributed by atoms with E-state index in [1.165, 1.54) is 0 Å². The first-order valence-electron chi connectivity index (χ1n) is 4.43. The topological polar surface area (TPSA) is 57.5 Å². The normalized spacial score (nSPS) is 20.5. The Labute approximate surface area is 78.3 Å². The number of rotatable bonds is 3. The minimum absolute atomic E-state index is 0.504. The molecule has 0 saturated carbocycles. The Balaban J connectivity index is 3.00. The quantitative estimate of drug-likeness (QED) is 0.545. The van der Waals surface area contributed by atoms with Gasteiger partial charge in [-0.05, 0) is 12.8 Å². The van der Waals surface area contributed by atoms with E-state index in [9.17, 15) is 14.4 Å². The molecule has 13 heavy (non-hydrogen) atoms. The lowest BCUT2D eigenvalue weighted by Gasteiger charge is -2.29. The van der Waals surface area contributed by atoms with Gasteiger partial charge >= 0.3 is 7.60 Å². The Morgan fingerprint density at radius 2 is 1.92 bits per heavy atom. The molecule has 2 N–H and O–H groups in total. The van der Waals surface area contributed by atoms with E-state index in [4.69, 9.17) is 0 Å². The lowest BCUT2D eigenvalue weighted by atomic mass is 9.97. The van der Waals surface area contributed by atoms with Crippen molar-refractivity contribution in [3.05, 3.63) is 24.3 Å². The summed E-state index contributed by atoms with van der Waals surface area (Å²) in [7, 11) is -4.06. The van der Waals surface area contributed by atoms with Crippen molar-refractivity contribution in [1.82, 2.24) is 0 Å². The maximum atomic E-state index is 11.3. The number of hydrogen-bond donors (Lipinski definition) is 2. The van der Waals surface area contributed by atoms with Crippen molar-refractivity contribution in [1.29, 1.82) is 0 Å². The molecule has 0 spiro atoms. The van der Waals surface area contributed by atoms with Crippen LogP contribution in [-0.4, -0.2) is 14.9 Å². The smallest absolute Gasteiger partial charge is 0.324 e. The Morgan fingerprint density at radius 1 is 1.38 bits per heavy atom. The van der Waals surface area contributed by atoms with Crippen LogP contribution in [0.2, 0.25) is 0 Å². The summed E-state index contributed by atoms with van der Waals surface area (Å²) in [4.78, 5) is 18.5. The Bertz CT molecular complexity index is 263. The summed E-state index contributed by atoms with van der Waals surface area (Å²) in [5.74, 6) is 0. The van der Waals surface area contributed by atoms with Gasteiger partial charge in [0, 0.05) is 0 Å². The molecule has 0 aromatic heterocycles. The van der Waals surface area contributed by atoms with Gasteiger partial charge in [0.05, 0.1) is 0 Å². The van der Waals surface area contributed by atoms with Crippen LogP contribution < -0.4 is 0 Å². The summed E-state index contributed by atoms with van der Waals surface area (Å²) in [6.45, 7) is 1.92. The molecule has 0 fully saturated rings. The summed E-state index contributed by atoms with van der Waals surface area (Å²) >= 11 is 0. The highest BCUT2D eigenvalue weighted by Crippen LogP contribution is 2.55. The second kappa shape index (κ2) is 3.79. The molecule has 4 heteroatoms. The van der Waals surface area contributed by atoms with E-state index < -0.39 is 12.8 Å². The SMILES string of the molecule is CCCC1(P(=O)(O)O)C=CCC=C1. The van der Waals surface area contributed by atoms with E-state index >= 15 is 0 Å². The molecule has 0 amide bonds. The first kappa shape index (κ1) is 10.7. The minimum Gasteiger partial charge on any atom is -0.324 e. The van der Waals surface area contributed by atoms with E-state index in [0.717, 1.165) is 12.8 Å². The fourth-order valence-electron chi connectivity index (χ4n) is 1.59. The van der Waals surface area contributed by atoms with Gasteiger partial charge in [-0.25, -0.2) is 0 Å². The van der Waals surface area contributed by atoms with Crippen LogP contribution in [0.3, 0.4) is 0 Å². The van der Waals surface area contributed by atoms with Crippen LogP contribution in [0.25, 0.3) is 0 Å². The molecule has 0 heterocycles. The molecule has 0 aromatic carbocycles. The highest BCUT2D eigenvalue weighted by molar-refractivity contribution is 7.54. The third-order valence-corrected chi connectivity index (χ3v) is 3.88. The largest absolute Gasteiger partial charge is 0.339 e. The van der Waals surface area contributed by atoms with Crippen LogP contribution in [0.5, 0.6) is 0 Å². The average molecular weight is 202 g/mol. The maximum absolute atomic E-state index is 11.3. The van der Waals surface area contributed by atoms with Crippen molar-refractivity contribution in [3.8, 4) is 0 Å². The van der Waals surface area contributed by atoms with Gasteiger partial charge in [-0.2, -0.15) is 0 Å². The molecule has 0 radical (unpaired) electrons. The van der Waals surface area contributed by atoms with Crippen molar-refractivity contribution in [3.63, 3.8) is 0 Å². The van der Waals surface area contributed by atoms with E-state index in [2.05, 4.69) is 0 Å². The van der Waals surface area contributed by atoms with Gasteiger partial charge in [0.2, 0.25) is 0 Å². The van der Waals surface area contributed by atoms with Crippen molar-refractivity contribution < 1.29 is 14.4 Å². The van der Waals surface area contributed by atoms with Gasteiger partial charge in [-0.15, -0.1) is 0 Å². The van der Waals surface area contributed by atoms with Gasteiger partial charge < -0.3 is 9.79 Å². The second-order valence-electron chi connectivity index (χ2n) is 3.33. The van der Waals surface area contributed by atoms with Crippen molar-refractivity contribution in [2.75, 3.05) is 0 Å². The fourth-order valence-corrected chi connectivity index (χ4v) is 2.70. The van der Waals surface area contributed by atoms with Gasteiger partial charge in [-0.1, -0.05) is 37.6 Å². The van der Waals surface area contributed by atoms with E-state index in [1.807, 2.05) is 19.1 Å². The van der Waals surface area contributed by atoms with Crippen LogP contribution >= 0.6 is 7.60 Å². The highest BCUT2D eigenvalue weighted by Gasteiger charge is 2.41. The molecule has 0 aromatic rings. The van der Waals surface area contributed by atoms with E-state index in [0.29, 0.717) is 6.42 Å². The van der Waals surface area contributed by atoms with Gasteiger partial charge in [-0.3, -0.25) is 4.57 Å². The third kappa shape index (κ3) is 2.11. The molecule has 1 aliphatic rings. The molecule has 1 rings (SSSR count). The predicted molar refractivity (Wildman–Crippen MR) is 52.6 cm³/mol. The Kier molecular flexibility index (Phi) is 3.12. The van der Waals surface area contributed by atoms with Crippen molar-refractivity contribution >= 4 is 7.60 Å². The zero-order valence-corrected chi connectivity index (χ0v) is 8.58. The molecule has 0 atom stereocenters. The summed E-state index contributed by atoms with van der Waals surface area (Å²) in [5, 5.41) is -1.03. The molecular formula is C9H15O3P. The standard InChI is InChI=1S/C9H15O3P/c1-2-6-9(13(10,11)12)7-4-3-5-8-9/h4-5,7-8H,2-3,6H2,1H3,(H2,10,11,12). The summed E-state index contributed by atoms with van der Waals surface area (Å²) in [6, 6.07) is 0. The van der Waals surface area contributed by atoms with E-state index in [-0.39, 0.29) is 0 Å². The van der Waals surface area contributed by atoms with Crippen LogP contribution in [0, 0.1) is 0 Å². The molecular weight excluding hydrogens is 187 g/mol. The first-order chi connectivity index (χ1) is 6.02. The molecule has 0 bridgehead atoms. The van der Waals surface area contributed by atoms with Crippen molar-refractivity contribution in [2.24, 2.45) is 0 Å². The van der Waals surface area contributed by atoms with Gasteiger partial charge in [0.25, 0.3) is 0 Å². The molecule has 1 aliphatic carbocycles. The molecule has 0 saturated heterocycles. The molecule has 0 aliphatic heterocycles. The Hall–Kier alpha value is -0.370. The highest BCUT2D eigenvalue weighted by atomic mass is 31.2. The number of hydrogen-bond acceptors (Lipinski definition) is 1. The summed E-state index contributed by atoms with van der Waals surface area (Å²) in [5.41, 5.74) is 0. The lowest BCUT2D eigenvalue weighted by Crippen LogP contribution is -2.24. The molecule has 74 valence electrons. The van der Waals surface area contributed by atoms with Crippen LogP contribution in [-0.2, 0) is 4.57 Å². The monoisotopic (exact) mass is 202 g/mol. The van der Waals surface area contributed by atoms with Gasteiger partial charge in [0.15, 0.2) is 0 Å². The predicted octanol–water partition coefficient (Wildman–Crippen LogP) is 2.22. The fraction of sp³-hybridized carbons (Fsp3) is 0.556. The summed E-state index contributed by atoms with van der Waals surface area (Å²) in [6.07, 6.45) is 8.97. The van der Waals surface area contributed by atoms with Crippen molar-refractivity contribution in [2.45, 2.75) is 31.3 Å². The molecule has 0 unspecified atom stereocenters. The van der Waals surface area contributed by atoms with Crippen LogP contribution in [0.15, 0.2) is 24.3 Å². The van der Waals surface area contributed by atoms with Crippen LogP contribution in [0.1, 0.15) is 26.2 Å². The minimum atomic E-state index is -4.06. The zero-order valence-electron chi connectivity index (χ0n) is 7.68. The Morgan fingerprint density at radius 3 is 2.31 bits per heavy atom.